The number of aromatic nitrogens is 1. The van der Waals surface area contributed by atoms with E-state index in [2.05, 4.69) is 15.4 Å². The van der Waals surface area contributed by atoms with Crippen molar-refractivity contribution in [3.8, 4) is 28.7 Å². The second kappa shape index (κ2) is 12.5. The van der Waals surface area contributed by atoms with Crippen LogP contribution >= 0.6 is 0 Å². The molecule has 0 bridgehead atoms. The molecule has 1 saturated heterocycles. The van der Waals surface area contributed by atoms with Crippen molar-refractivity contribution in [3.05, 3.63) is 72.1 Å². The zero-order valence-corrected chi connectivity index (χ0v) is 21.4. The van der Waals surface area contributed by atoms with Crippen molar-refractivity contribution in [1.29, 1.82) is 5.26 Å². The topological polar surface area (TPSA) is 76.7 Å². The molecule has 1 fully saturated rings. The fraction of sp³-hybridized carbons (Fsp3) is 0.357. The molecule has 9 heteroatoms. The van der Waals surface area contributed by atoms with Crippen LogP contribution in [0.25, 0.3) is 11.1 Å². The third-order valence-electron chi connectivity index (χ3n) is 5.46. The van der Waals surface area contributed by atoms with Gasteiger partial charge in [-0.1, -0.05) is 18.2 Å². The molecule has 0 unspecified atom stereocenters. The van der Waals surface area contributed by atoms with Gasteiger partial charge in [-0.3, -0.25) is 9.63 Å². The first-order valence-corrected chi connectivity index (χ1v) is 12.0. The third kappa shape index (κ3) is 7.62. The van der Waals surface area contributed by atoms with E-state index in [1.54, 1.807) is 31.2 Å². The lowest BCUT2D eigenvalue weighted by Gasteiger charge is -2.26. The number of nitriles is 1. The van der Waals surface area contributed by atoms with Crippen LogP contribution in [0.2, 0.25) is 0 Å². The lowest BCUT2D eigenvalue weighted by atomic mass is 10.1. The summed E-state index contributed by atoms with van der Waals surface area (Å²) in [5, 5.41) is 11.6. The van der Waals surface area contributed by atoms with Gasteiger partial charge in [0.05, 0.1) is 17.8 Å². The summed E-state index contributed by atoms with van der Waals surface area (Å²) in [4.78, 5) is 15.1. The van der Waals surface area contributed by atoms with Gasteiger partial charge < -0.3 is 14.0 Å². The standard InChI is InChI=1S/C25H25F2N3O2.C3H6O2/c1-25(2,3)32-30-12-11-19(15-30)29-14-18(13-28)21(16-29)17-7-9-20(10-8-17)31-24-22(26)5-4-6-23(24)27;1-2-5-3-4/h4-10,14,16,19H,11-12,15H2,1-3H3;3H,2H2,1H3/t19-;/m1./s1. The van der Waals surface area contributed by atoms with Gasteiger partial charge in [-0.15, -0.1) is 0 Å². The average molecular weight is 512 g/mol. The fourth-order valence-corrected chi connectivity index (χ4v) is 3.90. The maximum atomic E-state index is 13.8. The van der Waals surface area contributed by atoms with E-state index in [1.807, 2.05) is 38.2 Å². The molecule has 2 heterocycles. The number of hydrogen-bond donors (Lipinski definition) is 0. The first-order chi connectivity index (χ1) is 17.6. The Labute approximate surface area is 215 Å². The van der Waals surface area contributed by atoms with E-state index < -0.39 is 17.4 Å². The van der Waals surface area contributed by atoms with Crippen LogP contribution in [0.15, 0.2) is 54.9 Å². The summed E-state index contributed by atoms with van der Waals surface area (Å²) < 4.78 is 39.3. The van der Waals surface area contributed by atoms with Gasteiger partial charge in [0, 0.05) is 37.1 Å². The molecule has 1 aliphatic heterocycles. The molecule has 0 amide bonds. The number of carbonyl (C=O) groups excluding carboxylic acids is 1. The Morgan fingerprint density at radius 2 is 1.78 bits per heavy atom. The Bertz CT molecular complexity index is 1210. The summed E-state index contributed by atoms with van der Waals surface area (Å²) in [5.74, 6) is -1.66. The molecule has 0 spiro atoms. The first-order valence-electron chi connectivity index (χ1n) is 12.0. The van der Waals surface area contributed by atoms with Crippen molar-refractivity contribution < 1.29 is 27.9 Å². The number of halogens is 2. The number of rotatable bonds is 7. The smallest absolute Gasteiger partial charge is 0.293 e. The van der Waals surface area contributed by atoms with Gasteiger partial charge in [0.2, 0.25) is 0 Å². The summed E-state index contributed by atoms with van der Waals surface area (Å²) >= 11 is 0. The quantitative estimate of drug-likeness (QED) is 0.349. The summed E-state index contributed by atoms with van der Waals surface area (Å²) in [6.45, 7) is 10.3. The lowest BCUT2D eigenvalue weighted by Crippen LogP contribution is -2.32. The zero-order valence-electron chi connectivity index (χ0n) is 21.4. The minimum absolute atomic E-state index is 0.213. The Hall–Kier alpha value is -3.74. The highest BCUT2D eigenvalue weighted by Crippen LogP contribution is 2.33. The molecule has 196 valence electrons. The summed E-state index contributed by atoms with van der Waals surface area (Å²) in [6.07, 6.45) is 4.76. The van der Waals surface area contributed by atoms with Crippen molar-refractivity contribution in [3.63, 3.8) is 0 Å². The van der Waals surface area contributed by atoms with Gasteiger partial charge in [0.15, 0.2) is 17.4 Å². The molecule has 37 heavy (non-hydrogen) atoms. The second-order valence-corrected chi connectivity index (χ2v) is 9.41. The van der Waals surface area contributed by atoms with Gasteiger partial charge in [-0.25, -0.2) is 8.78 Å². The molecule has 0 saturated carbocycles. The Balaban J connectivity index is 0.000000695. The summed E-state index contributed by atoms with van der Waals surface area (Å²) in [6, 6.07) is 12.9. The van der Waals surface area contributed by atoms with E-state index in [-0.39, 0.29) is 11.6 Å². The van der Waals surface area contributed by atoms with E-state index in [9.17, 15) is 18.8 Å². The highest BCUT2D eigenvalue weighted by molar-refractivity contribution is 5.70. The van der Waals surface area contributed by atoms with Crippen molar-refractivity contribution in [2.45, 2.75) is 45.8 Å². The lowest BCUT2D eigenvalue weighted by molar-refractivity contribution is -0.217. The molecular weight excluding hydrogens is 480 g/mol. The summed E-state index contributed by atoms with van der Waals surface area (Å²) in [7, 11) is 0. The fourth-order valence-electron chi connectivity index (χ4n) is 3.90. The van der Waals surface area contributed by atoms with Crippen LogP contribution in [-0.4, -0.2) is 41.4 Å². The molecule has 3 aromatic rings. The Morgan fingerprint density at radius 1 is 1.11 bits per heavy atom. The molecule has 7 nitrogen and oxygen atoms in total. The maximum absolute atomic E-state index is 13.8. The highest BCUT2D eigenvalue weighted by Gasteiger charge is 2.28. The Morgan fingerprint density at radius 3 is 2.32 bits per heavy atom. The predicted octanol–water partition coefficient (Wildman–Crippen LogP) is 6.25. The van der Waals surface area contributed by atoms with E-state index in [0.29, 0.717) is 24.4 Å². The van der Waals surface area contributed by atoms with Crippen molar-refractivity contribution in [2.75, 3.05) is 19.7 Å². The number of para-hydroxylation sites is 1. The minimum atomic E-state index is -0.765. The van der Waals surface area contributed by atoms with Crippen molar-refractivity contribution >= 4 is 6.47 Å². The van der Waals surface area contributed by atoms with Crippen molar-refractivity contribution in [1.82, 2.24) is 9.63 Å². The van der Waals surface area contributed by atoms with Crippen LogP contribution in [0.4, 0.5) is 8.78 Å². The number of nitrogens with zero attached hydrogens (tertiary/aromatic N) is 3. The monoisotopic (exact) mass is 511 g/mol. The molecular formula is C28H31F2N3O4. The molecule has 0 N–H and O–H groups in total. The SMILES string of the molecule is CC(C)(C)ON1CC[C@@H](n2cc(C#N)c(-c3ccc(Oc4c(F)cccc4F)cc3)c2)C1.CCOC=O. The van der Waals surface area contributed by atoms with E-state index >= 15 is 0 Å². The molecule has 4 rings (SSSR count). The van der Waals surface area contributed by atoms with Crippen LogP contribution in [0, 0.1) is 23.0 Å². The van der Waals surface area contributed by atoms with E-state index in [1.165, 1.54) is 6.07 Å². The molecule has 0 radical (unpaired) electrons. The van der Waals surface area contributed by atoms with Crippen LogP contribution in [0.1, 0.15) is 45.7 Å². The highest BCUT2D eigenvalue weighted by atomic mass is 19.1. The minimum Gasteiger partial charge on any atom is -0.468 e. The van der Waals surface area contributed by atoms with Crippen molar-refractivity contribution in [2.24, 2.45) is 0 Å². The molecule has 1 aliphatic rings. The van der Waals surface area contributed by atoms with E-state index in [0.717, 1.165) is 42.8 Å². The second-order valence-electron chi connectivity index (χ2n) is 9.41. The van der Waals surface area contributed by atoms with Gasteiger partial charge in [0.25, 0.3) is 6.47 Å². The molecule has 0 aliphatic carbocycles. The van der Waals surface area contributed by atoms with Crippen LogP contribution in [0.3, 0.4) is 0 Å². The number of ether oxygens (including phenoxy) is 2. The van der Waals surface area contributed by atoms with Crippen LogP contribution in [-0.2, 0) is 14.4 Å². The zero-order chi connectivity index (χ0) is 27.0. The van der Waals surface area contributed by atoms with Gasteiger partial charge in [-0.05, 0) is 63.9 Å². The largest absolute Gasteiger partial charge is 0.468 e. The summed E-state index contributed by atoms with van der Waals surface area (Å²) in [5.41, 5.74) is 1.94. The van der Waals surface area contributed by atoms with Crippen LogP contribution < -0.4 is 4.74 Å². The van der Waals surface area contributed by atoms with Gasteiger partial charge >= 0.3 is 0 Å². The molecule has 1 atom stereocenters. The van der Waals surface area contributed by atoms with Gasteiger partial charge in [-0.2, -0.15) is 10.3 Å². The van der Waals surface area contributed by atoms with Gasteiger partial charge in [0.1, 0.15) is 11.8 Å². The van der Waals surface area contributed by atoms with E-state index in [4.69, 9.17) is 9.57 Å². The molecule has 1 aromatic heterocycles. The number of benzene rings is 2. The average Bonchev–Trinajstić information content (AvgIpc) is 3.49. The molecule has 2 aromatic carbocycles. The van der Waals surface area contributed by atoms with Crippen LogP contribution in [0.5, 0.6) is 11.5 Å². The normalized spacial score (nSPS) is 15.4. The maximum Gasteiger partial charge on any atom is 0.293 e. The number of carbonyl (C=O) groups is 1. The Kier molecular flexibility index (Phi) is 9.39. The number of hydroxylamine groups is 2. The third-order valence-corrected chi connectivity index (χ3v) is 5.46. The number of hydrogen-bond acceptors (Lipinski definition) is 6. The predicted molar refractivity (Wildman–Crippen MR) is 135 cm³/mol. The first kappa shape index (κ1) is 27.8.